The highest BCUT2D eigenvalue weighted by Crippen LogP contribution is 2.35. The highest BCUT2D eigenvalue weighted by molar-refractivity contribution is 7.18. The van der Waals surface area contributed by atoms with Crippen LogP contribution in [0.5, 0.6) is 0 Å². The zero-order valence-corrected chi connectivity index (χ0v) is 18.9. The molecule has 5 rings (SSSR count). The van der Waals surface area contributed by atoms with E-state index in [1.54, 1.807) is 6.07 Å². The summed E-state index contributed by atoms with van der Waals surface area (Å²) in [7, 11) is 0. The highest BCUT2D eigenvalue weighted by Gasteiger charge is 2.30. The van der Waals surface area contributed by atoms with E-state index < -0.39 is 12.6 Å². The summed E-state index contributed by atoms with van der Waals surface area (Å²) in [4.78, 5) is 11.6. The van der Waals surface area contributed by atoms with Gasteiger partial charge in [0.1, 0.15) is 17.0 Å². The number of hydrogen-bond donors (Lipinski definition) is 1. The van der Waals surface area contributed by atoms with Gasteiger partial charge in [-0.1, -0.05) is 12.1 Å². The molecule has 1 N–H and O–H groups in total. The molecule has 1 fully saturated rings. The molecule has 9 heteroatoms. The molecule has 0 bridgehead atoms. The average molecular weight is 470 g/mol. The molecule has 0 radical (unpaired) electrons. The molecule has 1 aliphatic heterocycles. The number of nitrogens with one attached hydrogen (secondary N) is 1. The Kier molecular flexibility index (Phi) is 5.59. The van der Waals surface area contributed by atoms with Gasteiger partial charge in [0.05, 0.1) is 17.9 Å². The predicted molar refractivity (Wildman–Crippen MR) is 123 cm³/mol. The molecule has 1 aliphatic carbocycles. The van der Waals surface area contributed by atoms with Crippen LogP contribution in [0.25, 0.3) is 16.3 Å². The molecule has 1 aromatic carbocycles. The Morgan fingerprint density at radius 1 is 1.30 bits per heavy atom. The third-order valence-electron chi connectivity index (χ3n) is 6.36. The largest absolute Gasteiger partial charge is 0.393 e. The van der Waals surface area contributed by atoms with Crippen LogP contribution in [-0.2, 0) is 19.4 Å². The van der Waals surface area contributed by atoms with Crippen molar-refractivity contribution < 1.29 is 13.2 Å². The maximum atomic E-state index is 12.8. The van der Waals surface area contributed by atoms with E-state index in [0.717, 1.165) is 48.5 Å². The lowest BCUT2D eigenvalue weighted by molar-refractivity contribution is -0.126. The third kappa shape index (κ3) is 4.45. The molecule has 3 aromatic rings. The van der Waals surface area contributed by atoms with Crippen LogP contribution in [0.2, 0.25) is 0 Å². The standard InChI is InChI=1S/C24H22F3N5S/c1-14-17(3-2-16-6-15(10-28)7-20(14)16)11-29-18-4-5-32(12-18)22-21-8-19(9-24(25,26)27)33-23(21)31-13-30-22/h2-3,7-8,13,18,29H,4-6,9,11-12H2,1H3. The first kappa shape index (κ1) is 21.9. The number of halogens is 3. The van der Waals surface area contributed by atoms with Gasteiger partial charge in [-0.2, -0.15) is 18.4 Å². The number of fused-ring (bicyclic) bond motifs is 2. The normalized spacial score (nSPS) is 18.0. The molecular formula is C24H22F3N5S. The van der Waals surface area contributed by atoms with E-state index in [4.69, 9.17) is 0 Å². The smallest absolute Gasteiger partial charge is 0.354 e. The van der Waals surface area contributed by atoms with E-state index >= 15 is 0 Å². The average Bonchev–Trinajstić information content (AvgIpc) is 3.49. The van der Waals surface area contributed by atoms with Gasteiger partial charge in [0.2, 0.25) is 0 Å². The van der Waals surface area contributed by atoms with Gasteiger partial charge in [0, 0.05) is 42.5 Å². The summed E-state index contributed by atoms with van der Waals surface area (Å²) in [5, 5.41) is 13.5. The lowest BCUT2D eigenvalue weighted by Crippen LogP contribution is -2.32. The van der Waals surface area contributed by atoms with Gasteiger partial charge in [0.25, 0.3) is 0 Å². The van der Waals surface area contributed by atoms with Crippen LogP contribution >= 0.6 is 11.3 Å². The maximum absolute atomic E-state index is 12.8. The first-order valence-corrected chi connectivity index (χ1v) is 11.6. The highest BCUT2D eigenvalue weighted by atomic mass is 32.1. The fraction of sp³-hybridized carbons (Fsp3) is 0.375. The van der Waals surface area contributed by atoms with E-state index in [1.807, 2.05) is 6.08 Å². The molecule has 33 heavy (non-hydrogen) atoms. The predicted octanol–water partition coefficient (Wildman–Crippen LogP) is 4.94. The van der Waals surface area contributed by atoms with E-state index in [1.165, 1.54) is 23.0 Å². The van der Waals surface area contributed by atoms with Gasteiger partial charge in [-0.05, 0) is 47.7 Å². The molecule has 0 amide bonds. The monoisotopic (exact) mass is 469 g/mol. The Morgan fingerprint density at radius 2 is 2.15 bits per heavy atom. The van der Waals surface area contributed by atoms with Crippen molar-refractivity contribution in [1.82, 2.24) is 15.3 Å². The summed E-state index contributed by atoms with van der Waals surface area (Å²) in [6.07, 6.45) is -0.128. The third-order valence-corrected chi connectivity index (χ3v) is 7.41. The molecular weight excluding hydrogens is 447 g/mol. The van der Waals surface area contributed by atoms with Crippen LogP contribution in [0.3, 0.4) is 0 Å². The number of hydrogen-bond acceptors (Lipinski definition) is 6. The van der Waals surface area contributed by atoms with Gasteiger partial charge in [-0.15, -0.1) is 11.3 Å². The molecule has 2 aliphatic rings. The fourth-order valence-electron chi connectivity index (χ4n) is 4.68. The summed E-state index contributed by atoms with van der Waals surface area (Å²) in [5.74, 6) is 0.705. The SMILES string of the molecule is Cc1c(CNC2CCN(c3ncnc4sc(CC(F)(F)F)cc34)C2)ccc2c1C=C(C#N)C2. The second-order valence-electron chi connectivity index (χ2n) is 8.61. The minimum absolute atomic E-state index is 0.251. The number of nitrogens with zero attached hydrogens (tertiary/aromatic N) is 4. The van der Waals surface area contributed by atoms with Crippen molar-refractivity contribution in [2.75, 3.05) is 18.0 Å². The van der Waals surface area contributed by atoms with Crippen LogP contribution in [-0.4, -0.2) is 35.3 Å². The van der Waals surface area contributed by atoms with Crippen LogP contribution in [0.4, 0.5) is 19.0 Å². The number of rotatable bonds is 5. The number of alkyl halides is 3. The minimum atomic E-state index is -4.24. The number of thiophene rings is 1. The lowest BCUT2D eigenvalue weighted by atomic mass is 9.98. The van der Waals surface area contributed by atoms with Gasteiger partial charge in [-0.3, -0.25) is 0 Å². The van der Waals surface area contributed by atoms with Gasteiger partial charge in [0.15, 0.2) is 0 Å². The Balaban J connectivity index is 1.27. The minimum Gasteiger partial charge on any atom is -0.354 e. The number of benzene rings is 1. The molecule has 2 aromatic heterocycles. The van der Waals surface area contributed by atoms with Crippen molar-refractivity contribution in [3.05, 3.63) is 57.2 Å². The maximum Gasteiger partial charge on any atom is 0.393 e. The van der Waals surface area contributed by atoms with Crippen LogP contribution in [0, 0.1) is 18.3 Å². The second-order valence-corrected chi connectivity index (χ2v) is 9.73. The molecule has 3 heterocycles. The van der Waals surface area contributed by atoms with Crippen molar-refractivity contribution in [1.29, 1.82) is 5.26 Å². The molecule has 1 unspecified atom stereocenters. The Bertz CT molecular complexity index is 1290. The molecule has 0 spiro atoms. The number of anilines is 1. The summed E-state index contributed by atoms with van der Waals surface area (Å²) in [6.45, 7) is 4.34. The van der Waals surface area contributed by atoms with E-state index in [9.17, 15) is 18.4 Å². The van der Waals surface area contributed by atoms with Gasteiger partial charge in [-0.25, -0.2) is 9.97 Å². The summed E-state index contributed by atoms with van der Waals surface area (Å²) >= 11 is 1.08. The van der Waals surface area contributed by atoms with E-state index in [2.05, 4.69) is 45.3 Å². The Labute approximate surface area is 193 Å². The fourth-order valence-corrected chi connectivity index (χ4v) is 5.70. The first-order chi connectivity index (χ1) is 15.8. The molecule has 1 saturated heterocycles. The van der Waals surface area contributed by atoms with Crippen LogP contribution in [0.15, 0.2) is 30.1 Å². The topological polar surface area (TPSA) is 64.8 Å². The quantitative estimate of drug-likeness (QED) is 0.574. The van der Waals surface area contributed by atoms with Crippen molar-refractivity contribution in [3.63, 3.8) is 0 Å². The molecule has 0 saturated carbocycles. The lowest BCUT2D eigenvalue weighted by Gasteiger charge is -2.19. The number of allylic oxidation sites excluding steroid dienone is 1. The summed E-state index contributed by atoms with van der Waals surface area (Å²) in [6, 6.07) is 8.32. The Hall–Kier alpha value is -2.96. The number of aromatic nitrogens is 2. The zero-order chi connectivity index (χ0) is 23.2. The van der Waals surface area contributed by atoms with E-state index in [-0.39, 0.29) is 10.9 Å². The Morgan fingerprint density at radius 3 is 2.94 bits per heavy atom. The zero-order valence-electron chi connectivity index (χ0n) is 18.0. The molecule has 5 nitrogen and oxygen atoms in total. The van der Waals surface area contributed by atoms with Crippen molar-refractivity contribution >= 4 is 33.4 Å². The van der Waals surface area contributed by atoms with E-state index in [0.29, 0.717) is 22.5 Å². The second kappa shape index (κ2) is 8.43. The molecule has 1 atom stereocenters. The van der Waals surface area contributed by atoms with Crippen molar-refractivity contribution in [3.8, 4) is 6.07 Å². The van der Waals surface area contributed by atoms with Gasteiger partial charge < -0.3 is 10.2 Å². The van der Waals surface area contributed by atoms with Gasteiger partial charge >= 0.3 is 6.18 Å². The first-order valence-electron chi connectivity index (χ1n) is 10.8. The summed E-state index contributed by atoms with van der Waals surface area (Å²) in [5.41, 5.74) is 5.57. The summed E-state index contributed by atoms with van der Waals surface area (Å²) < 4.78 is 38.5. The van der Waals surface area contributed by atoms with Crippen molar-refractivity contribution in [2.45, 2.75) is 44.9 Å². The van der Waals surface area contributed by atoms with Crippen molar-refractivity contribution in [2.24, 2.45) is 0 Å². The molecule has 170 valence electrons. The van der Waals surface area contributed by atoms with Crippen LogP contribution in [0.1, 0.15) is 33.6 Å². The number of nitriles is 1. The van der Waals surface area contributed by atoms with Crippen LogP contribution < -0.4 is 10.2 Å².